The zero-order valence-electron chi connectivity index (χ0n) is 21.6. The molecule has 3 fully saturated rings. The summed E-state index contributed by atoms with van der Waals surface area (Å²) in [5, 5.41) is 17.3. The lowest BCUT2D eigenvalue weighted by atomic mass is 9.88. The lowest BCUT2D eigenvalue weighted by Crippen LogP contribution is -2.48. The molecule has 1 saturated carbocycles. The summed E-state index contributed by atoms with van der Waals surface area (Å²) in [6.07, 6.45) is 1.27. The number of amides is 1. The minimum Gasteiger partial charge on any atom is -0.475 e. The summed E-state index contributed by atoms with van der Waals surface area (Å²) in [6, 6.07) is 6.63. The summed E-state index contributed by atoms with van der Waals surface area (Å²) >= 11 is 0. The number of rotatable bonds is 5. The third-order valence-electron chi connectivity index (χ3n) is 6.86. The molecule has 2 saturated heterocycles. The maximum atomic E-state index is 12.5. The van der Waals surface area contributed by atoms with Crippen molar-refractivity contribution in [3.8, 4) is 0 Å². The Morgan fingerprint density at radius 2 is 1.57 bits per heavy atom. The van der Waals surface area contributed by atoms with Crippen LogP contribution < -0.4 is 5.32 Å². The number of ether oxygens (including phenoxy) is 1. The highest BCUT2D eigenvalue weighted by atomic mass is 19.4. The summed E-state index contributed by atoms with van der Waals surface area (Å²) in [5.41, 5.74) is 1.01. The monoisotopic (exact) mass is 585 g/mol. The minimum atomic E-state index is -5.08. The molecular weight excluding hydrogens is 552 g/mol. The van der Waals surface area contributed by atoms with Crippen molar-refractivity contribution >= 4 is 17.8 Å². The second-order valence-corrected chi connectivity index (χ2v) is 9.70. The second-order valence-electron chi connectivity index (χ2n) is 9.70. The van der Waals surface area contributed by atoms with Gasteiger partial charge in [0, 0.05) is 37.4 Å². The molecule has 15 heteroatoms. The van der Waals surface area contributed by atoms with E-state index in [9.17, 15) is 31.1 Å². The van der Waals surface area contributed by atoms with E-state index in [1.165, 1.54) is 45.1 Å². The van der Waals surface area contributed by atoms with Gasteiger partial charge in [0.2, 0.25) is 5.91 Å². The van der Waals surface area contributed by atoms with Crippen LogP contribution in [0.2, 0.25) is 0 Å². The smallest absolute Gasteiger partial charge is 0.475 e. The number of nitrogens with one attached hydrogen (secondary N) is 1. The number of hydrogen-bond acceptors (Lipinski definition) is 6. The lowest BCUT2D eigenvalue weighted by Gasteiger charge is -2.40. The zero-order valence-corrected chi connectivity index (χ0v) is 21.6. The Kier molecular flexibility index (Phi) is 12.6. The molecular formula is C25H33F6N3O6. The number of carbonyl (C=O) groups is 3. The fourth-order valence-corrected chi connectivity index (χ4v) is 4.87. The lowest BCUT2D eigenvalue weighted by molar-refractivity contribution is -0.193. The summed E-state index contributed by atoms with van der Waals surface area (Å²) in [6.45, 7) is 2.83. The number of piperidine rings is 1. The van der Waals surface area contributed by atoms with E-state index in [4.69, 9.17) is 24.5 Å². The number of alkyl halides is 6. The molecule has 3 aliphatic rings. The van der Waals surface area contributed by atoms with Crippen molar-refractivity contribution in [2.24, 2.45) is 5.92 Å². The third-order valence-corrected chi connectivity index (χ3v) is 6.86. The van der Waals surface area contributed by atoms with Crippen LogP contribution in [0.1, 0.15) is 50.6 Å². The van der Waals surface area contributed by atoms with E-state index in [-0.39, 0.29) is 18.1 Å². The molecule has 2 aliphatic heterocycles. The number of aliphatic carboxylic acids is 2. The molecule has 9 nitrogen and oxygen atoms in total. The van der Waals surface area contributed by atoms with Gasteiger partial charge in [-0.1, -0.05) is 25.3 Å². The van der Waals surface area contributed by atoms with Crippen molar-refractivity contribution in [3.63, 3.8) is 0 Å². The summed E-state index contributed by atoms with van der Waals surface area (Å²) in [4.78, 5) is 37.2. The topological polar surface area (TPSA) is 129 Å². The molecule has 0 aromatic carbocycles. The van der Waals surface area contributed by atoms with Crippen molar-refractivity contribution in [2.45, 2.75) is 82.0 Å². The Balaban J connectivity index is 0.000000333. The van der Waals surface area contributed by atoms with Crippen LogP contribution in [-0.4, -0.2) is 88.2 Å². The first-order chi connectivity index (χ1) is 18.7. The highest BCUT2D eigenvalue weighted by Crippen LogP contribution is 2.35. The number of aromatic nitrogens is 1. The van der Waals surface area contributed by atoms with E-state index < -0.39 is 24.3 Å². The largest absolute Gasteiger partial charge is 0.490 e. The van der Waals surface area contributed by atoms with Crippen LogP contribution in [-0.2, 0) is 25.5 Å². The summed E-state index contributed by atoms with van der Waals surface area (Å²) < 4.78 is 69.7. The Labute approximate surface area is 226 Å². The fraction of sp³-hybridized carbons (Fsp3) is 0.680. The van der Waals surface area contributed by atoms with Gasteiger partial charge in [0.15, 0.2) is 0 Å². The average Bonchev–Trinajstić information content (AvgIpc) is 3.33. The SMILES string of the molecule is O=C(NCCc1ccccn1)[C@H]1C[C@@H]2CCN(C3CCCCC3)C[C@H]2O1.O=C(O)C(F)(F)F.O=C(O)C(F)(F)F. The number of pyridine rings is 1. The Morgan fingerprint density at radius 1 is 0.975 bits per heavy atom. The molecule has 3 N–H and O–H groups in total. The van der Waals surface area contributed by atoms with Gasteiger partial charge in [-0.2, -0.15) is 26.3 Å². The van der Waals surface area contributed by atoms with Gasteiger partial charge >= 0.3 is 24.3 Å². The van der Waals surface area contributed by atoms with Crippen LogP contribution in [0.15, 0.2) is 24.4 Å². The predicted octanol–water partition coefficient (Wildman–Crippen LogP) is 3.82. The van der Waals surface area contributed by atoms with Gasteiger partial charge in [0.1, 0.15) is 6.10 Å². The van der Waals surface area contributed by atoms with E-state index in [0.29, 0.717) is 12.5 Å². The number of carboxylic acids is 2. The summed E-state index contributed by atoms with van der Waals surface area (Å²) in [5.74, 6) is -4.90. The normalized spacial score (nSPS) is 23.5. The first-order valence-electron chi connectivity index (χ1n) is 12.9. The molecule has 4 rings (SSSR count). The highest BCUT2D eigenvalue weighted by Gasteiger charge is 2.43. The fourth-order valence-electron chi connectivity index (χ4n) is 4.87. The molecule has 40 heavy (non-hydrogen) atoms. The van der Waals surface area contributed by atoms with E-state index in [1.54, 1.807) is 6.20 Å². The van der Waals surface area contributed by atoms with Gasteiger partial charge < -0.3 is 20.3 Å². The number of carboxylic acid groups (broad SMARTS) is 2. The quantitative estimate of drug-likeness (QED) is 0.445. The Morgan fingerprint density at radius 3 is 2.10 bits per heavy atom. The maximum Gasteiger partial charge on any atom is 0.490 e. The van der Waals surface area contributed by atoms with Gasteiger partial charge in [0.05, 0.1) is 6.10 Å². The number of likely N-dealkylation sites (tertiary alicyclic amines) is 1. The number of hydrogen-bond donors (Lipinski definition) is 3. The van der Waals surface area contributed by atoms with Crippen molar-refractivity contribution in [2.75, 3.05) is 19.6 Å². The molecule has 226 valence electrons. The Hall–Kier alpha value is -2.94. The van der Waals surface area contributed by atoms with Crippen molar-refractivity contribution < 1.29 is 55.7 Å². The molecule has 3 atom stereocenters. The zero-order chi connectivity index (χ0) is 29.9. The van der Waals surface area contributed by atoms with Crippen LogP contribution in [0, 0.1) is 5.92 Å². The first-order valence-corrected chi connectivity index (χ1v) is 12.9. The molecule has 0 spiro atoms. The van der Waals surface area contributed by atoms with Crippen LogP contribution in [0.3, 0.4) is 0 Å². The number of nitrogens with zero attached hydrogens (tertiary/aromatic N) is 2. The first kappa shape index (κ1) is 33.3. The third kappa shape index (κ3) is 11.3. The van der Waals surface area contributed by atoms with E-state index in [2.05, 4.69) is 15.2 Å². The van der Waals surface area contributed by atoms with Crippen LogP contribution in [0.5, 0.6) is 0 Å². The molecule has 1 aromatic heterocycles. The number of fused-ring (bicyclic) bond motifs is 1. The summed E-state index contributed by atoms with van der Waals surface area (Å²) in [7, 11) is 0. The second kappa shape index (κ2) is 15.2. The van der Waals surface area contributed by atoms with Crippen LogP contribution in [0.4, 0.5) is 26.3 Å². The number of halogens is 6. The maximum absolute atomic E-state index is 12.5. The Bertz CT molecular complexity index is 933. The van der Waals surface area contributed by atoms with E-state index >= 15 is 0 Å². The molecule has 0 bridgehead atoms. The minimum absolute atomic E-state index is 0.0551. The standard InChI is InChI=1S/C21H31N3O2.2C2HF3O2/c25-21(23-12-9-17-6-4-5-11-22-17)19-14-16-10-13-24(15-20(16)26-19)18-7-2-1-3-8-18;2*3-2(4,5)1(6)7/h4-6,11,16,18-20H,1-3,7-10,12-15H2,(H,23,25);2*(H,6,7)/t16-,19+,20+;;/m0../s1. The molecule has 3 heterocycles. The average molecular weight is 586 g/mol. The molecule has 0 radical (unpaired) electrons. The number of carbonyl (C=O) groups excluding carboxylic acids is 1. The van der Waals surface area contributed by atoms with Crippen molar-refractivity contribution in [1.82, 2.24) is 15.2 Å². The van der Waals surface area contributed by atoms with Gasteiger partial charge in [-0.05, 0) is 50.3 Å². The van der Waals surface area contributed by atoms with E-state index in [1.807, 2.05) is 18.2 Å². The van der Waals surface area contributed by atoms with Crippen molar-refractivity contribution in [3.05, 3.63) is 30.1 Å². The molecule has 1 aromatic rings. The molecule has 1 amide bonds. The van der Waals surface area contributed by atoms with Gasteiger partial charge in [-0.15, -0.1) is 0 Å². The van der Waals surface area contributed by atoms with Gasteiger partial charge in [-0.25, -0.2) is 9.59 Å². The van der Waals surface area contributed by atoms with Gasteiger partial charge in [0.25, 0.3) is 0 Å². The van der Waals surface area contributed by atoms with Crippen molar-refractivity contribution in [1.29, 1.82) is 0 Å². The van der Waals surface area contributed by atoms with E-state index in [0.717, 1.165) is 31.1 Å². The molecule has 0 unspecified atom stereocenters. The van der Waals surface area contributed by atoms with Gasteiger partial charge in [-0.3, -0.25) is 14.7 Å². The highest BCUT2D eigenvalue weighted by molar-refractivity contribution is 5.81. The van der Waals surface area contributed by atoms with Crippen LogP contribution >= 0.6 is 0 Å². The van der Waals surface area contributed by atoms with Crippen LogP contribution in [0.25, 0.3) is 0 Å². The molecule has 1 aliphatic carbocycles. The predicted molar refractivity (Wildman–Crippen MR) is 128 cm³/mol.